The Morgan fingerprint density at radius 1 is 1.56 bits per heavy atom. The second-order valence-electron chi connectivity index (χ2n) is 1.05. The van der Waals surface area contributed by atoms with Gasteiger partial charge in [-0.1, -0.05) is 0 Å². The smallest absolute Gasteiger partial charge is 0.355 e. The Labute approximate surface area is 49.0 Å². The maximum atomic E-state index is 9.84. The minimum absolute atomic E-state index is 1.24. The molecule has 0 heterocycles. The highest BCUT2D eigenvalue weighted by molar-refractivity contribution is 5.88. The first-order valence-electron chi connectivity index (χ1n) is 1.79. The Kier molecular flexibility index (Phi) is 2.12. The molecule has 0 rings (SSSR count). The number of rotatable bonds is 0. The van der Waals surface area contributed by atoms with Crippen LogP contribution in [0, 0.1) is 10.1 Å². The molecule has 0 radical (unpaired) electrons. The largest absolute Gasteiger partial charge is 0.541 e. The van der Waals surface area contributed by atoms with E-state index in [1.54, 1.807) is 0 Å². The predicted octanol–water partition coefficient (Wildman–Crippen LogP) is -0.949. The maximum Gasteiger partial charge on any atom is 0.541 e. The number of imide groups is 1. The lowest BCUT2D eigenvalue weighted by atomic mass is 10.9. The molecule has 0 aliphatic rings. The van der Waals surface area contributed by atoms with Crippen LogP contribution in [-0.2, 0) is 0 Å². The monoisotopic (exact) mass is 133 g/mol. The second-order valence-corrected chi connectivity index (χ2v) is 1.05. The van der Waals surface area contributed by atoms with Crippen LogP contribution in [0.1, 0.15) is 0 Å². The van der Waals surface area contributed by atoms with Crippen LogP contribution in [0.5, 0.6) is 0 Å². The SMILES string of the molecule is NC(=O)NC(=O)[N+](=O)[O-]. The summed E-state index contributed by atoms with van der Waals surface area (Å²) in [5, 5.41) is 10.7. The van der Waals surface area contributed by atoms with Gasteiger partial charge in [-0.25, -0.2) is 4.79 Å². The highest BCUT2D eigenvalue weighted by atomic mass is 16.6. The van der Waals surface area contributed by atoms with Gasteiger partial charge in [-0.15, -0.1) is 0 Å². The van der Waals surface area contributed by atoms with Gasteiger partial charge in [0.05, 0.1) is 0 Å². The Bertz CT molecular complexity index is 163. The van der Waals surface area contributed by atoms with Gasteiger partial charge in [0.25, 0.3) is 0 Å². The summed E-state index contributed by atoms with van der Waals surface area (Å²) < 4.78 is 0. The molecule has 0 spiro atoms. The number of nitrogens with zero attached hydrogens (tertiary/aromatic N) is 1. The molecule has 9 heavy (non-hydrogen) atoms. The number of urea groups is 2. The summed E-state index contributed by atoms with van der Waals surface area (Å²) in [6.45, 7) is 0. The van der Waals surface area contributed by atoms with E-state index in [1.807, 2.05) is 0 Å². The predicted molar refractivity (Wildman–Crippen MR) is 25.1 cm³/mol. The minimum Gasteiger partial charge on any atom is -0.355 e. The summed E-state index contributed by atoms with van der Waals surface area (Å²) in [6, 6.07) is -2.86. The van der Waals surface area contributed by atoms with Crippen LogP contribution in [0.3, 0.4) is 0 Å². The summed E-state index contributed by atoms with van der Waals surface area (Å²) in [6.07, 6.45) is 0. The highest BCUT2D eigenvalue weighted by Gasteiger charge is 2.14. The van der Waals surface area contributed by atoms with Gasteiger partial charge in [-0.05, 0) is 0 Å². The third kappa shape index (κ3) is 2.97. The third-order valence-corrected chi connectivity index (χ3v) is 0.396. The number of nitro groups is 1. The van der Waals surface area contributed by atoms with Gasteiger partial charge >= 0.3 is 12.1 Å². The summed E-state index contributed by atoms with van der Waals surface area (Å²) >= 11 is 0. The van der Waals surface area contributed by atoms with E-state index in [4.69, 9.17) is 0 Å². The van der Waals surface area contributed by atoms with E-state index in [-0.39, 0.29) is 0 Å². The van der Waals surface area contributed by atoms with Crippen molar-refractivity contribution in [3.05, 3.63) is 10.1 Å². The van der Waals surface area contributed by atoms with Gasteiger partial charge in [0.2, 0.25) is 0 Å². The van der Waals surface area contributed by atoms with Crippen molar-refractivity contribution in [1.29, 1.82) is 0 Å². The van der Waals surface area contributed by atoms with Crippen molar-refractivity contribution in [1.82, 2.24) is 5.32 Å². The summed E-state index contributed by atoms with van der Waals surface area (Å²) in [4.78, 5) is 27.7. The number of hydrogen-bond donors (Lipinski definition) is 2. The number of amides is 4. The van der Waals surface area contributed by atoms with E-state index in [0.717, 1.165) is 0 Å². The van der Waals surface area contributed by atoms with Gasteiger partial charge in [-0.3, -0.25) is 0 Å². The highest BCUT2D eigenvalue weighted by Crippen LogP contribution is 1.69. The fourth-order valence-electron chi connectivity index (χ4n) is 0.151. The van der Waals surface area contributed by atoms with Crippen LogP contribution in [0.4, 0.5) is 9.59 Å². The molecule has 3 N–H and O–H groups in total. The van der Waals surface area contributed by atoms with E-state index in [2.05, 4.69) is 5.73 Å². The van der Waals surface area contributed by atoms with Crippen LogP contribution in [0.2, 0.25) is 0 Å². The van der Waals surface area contributed by atoms with Crippen molar-refractivity contribution in [3.63, 3.8) is 0 Å². The van der Waals surface area contributed by atoms with Gasteiger partial charge < -0.3 is 15.8 Å². The van der Waals surface area contributed by atoms with E-state index in [9.17, 15) is 19.7 Å². The number of hydrogen-bond acceptors (Lipinski definition) is 4. The van der Waals surface area contributed by atoms with Crippen LogP contribution in [-0.4, -0.2) is 17.0 Å². The topological polar surface area (TPSA) is 115 Å². The first-order chi connectivity index (χ1) is 4.04. The van der Waals surface area contributed by atoms with Crippen molar-refractivity contribution in [3.8, 4) is 0 Å². The third-order valence-electron chi connectivity index (χ3n) is 0.396. The van der Waals surface area contributed by atoms with E-state index in [1.165, 1.54) is 5.32 Å². The zero-order valence-corrected chi connectivity index (χ0v) is 4.16. The average Bonchev–Trinajstić information content (AvgIpc) is 1.63. The molecule has 0 aromatic rings. The van der Waals surface area contributed by atoms with Crippen molar-refractivity contribution < 1.29 is 14.5 Å². The molecule has 7 heteroatoms. The van der Waals surface area contributed by atoms with E-state index in [0.29, 0.717) is 0 Å². The zero-order valence-electron chi connectivity index (χ0n) is 4.16. The quantitative estimate of drug-likeness (QED) is 0.327. The number of primary amides is 1. The first-order valence-corrected chi connectivity index (χ1v) is 1.79. The molecule has 0 aliphatic heterocycles. The molecule has 50 valence electrons. The minimum atomic E-state index is -1.62. The summed E-state index contributed by atoms with van der Waals surface area (Å²) in [5.74, 6) is 0. The maximum absolute atomic E-state index is 9.84. The van der Waals surface area contributed by atoms with Gasteiger partial charge in [0.15, 0.2) is 0 Å². The zero-order chi connectivity index (χ0) is 7.44. The standard InChI is InChI=1S/C2H3N3O4/c3-1(6)4-2(7)5(8)9/h(H3,3,4,6,7). The molecule has 0 aliphatic carbocycles. The molecular weight excluding hydrogens is 130 g/mol. The number of nitrogens with one attached hydrogen (secondary N) is 1. The van der Waals surface area contributed by atoms with E-state index >= 15 is 0 Å². The molecule has 0 saturated carbocycles. The molecular formula is C2H3N3O4. The van der Waals surface area contributed by atoms with E-state index < -0.39 is 17.0 Å². The van der Waals surface area contributed by atoms with Crippen molar-refractivity contribution in [2.75, 3.05) is 0 Å². The normalized spacial score (nSPS) is 8.00. The van der Waals surface area contributed by atoms with Crippen molar-refractivity contribution in [2.45, 2.75) is 0 Å². The molecule has 0 fully saturated rings. The summed E-state index contributed by atoms with van der Waals surface area (Å²) in [7, 11) is 0. The Balaban J connectivity index is 3.79. The molecule has 0 unspecified atom stereocenters. The number of carbonyl (C=O) groups is 2. The fourth-order valence-corrected chi connectivity index (χ4v) is 0.151. The Morgan fingerprint density at radius 2 is 2.00 bits per heavy atom. The van der Waals surface area contributed by atoms with Crippen LogP contribution >= 0.6 is 0 Å². The van der Waals surface area contributed by atoms with Crippen LogP contribution in [0.25, 0.3) is 0 Å². The van der Waals surface area contributed by atoms with Crippen LogP contribution < -0.4 is 11.1 Å². The van der Waals surface area contributed by atoms with Gasteiger partial charge in [0.1, 0.15) is 0 Å². The average molecular weight is 133 g/mol. The molecule has 0 bridgehead atoms. The lowest BCUT2D eigenvalue weighted by molar-refractivity contribution is -0.373. The molecule has 0 aromatic carbocycles. The van der Waals surface area contributed by atoms with Gasteiger partial charge in [0, 0.05) is 4.92 Å². The van der Waals surface area contributed by atoms with Gasteiger partial charge in [-0.2, -0.15) is 10.1 Å². The second kappa shape index (κ2) is 2.60. The molecule has 0 atom stereocenters. The first kappa shape index (κ1) is 7.34. The summed E-state index contributed by atoms with van der Waals surface area (Å²) in [5.41, 5.74) is 4.36. The molecule has 0 saturated heterocycles. The molecule has 4 amide bonds. The van der Waals surface area contributed by atoms with Crippen LogP contribution in [0.15, 0.2) is 0 Å². The van der Waals surface area contributed by atoms with Crippen molar-refractivity contribution in [2.24, 2.45) is 5.73 Å². The lowest BCUT2D eigenvalue weighted by Gasteiger charge is -1.88. The number of carbonyl (C=O) groups excluding carboxylic acids is 2. The Hall–Kier alpha value is -1.66. The Morgan fingerprint density at radius 3 is 2.11 bits per heavy atom. The molecule has 0 aromatic heterocycles. The lowest BCUT2D eigenvalue weighted by Crippen LogP contribution is -2.37. The molecule has 7 nitrogen and oxygen atoms in total. The fraction of sp³-hybridized carbons (Fsp3) is 0. The number of nitrogens with two attached hydrogens (primary N) is 1. The van der Waals surface area contributed by atoms with Crippen molar-refractivity contribution >= 4 is 12.1 Å².